The van der Waals surface area contributed by atoms with E-state index in [-0.39, 0.29) is 31.1 Å². The van der Waals surface area contributed by atoms with Gasteiger partial charge in [-0.1, -0.05) is 0 Å². The van der Waals surface area contributed by atoms with Crippen molar-refractivity contribution in [1.82, 2.24) is 0 Å². The molecule has 0 aromatic heterocycles. The third-order valence-electron chi connectivity index (χ3n) is 2.14. The third-order valence-corrected chi connectivity index (χ3v) is 5.77. The average Bonchev–Trinajstić information content (AvgIpc) is 2.36. The van der Waals surface area contributed by atoms with Gasteiger partial charge in [-0.2, -0.15) is 0 Å². The van der Waals surface area contributed by atoms with Gasteiger partial charge in [0.15, 0.2) is 0 Å². The first kappa shape index (κ1) is 18.1. The first-order valence-corrected chi connectivity index (χ1v) is 10.3. The summed E-state index contributed by atoms with van der Waals surface area (Å²) in [6.45, 7) is 5.33. The number of hydrogen-bond donors (Lipinski definition) is 0. The van der Waals surface area contributed by atoms with Crippen LogP contribution in [0.5, 0.6) is 5.75 Å². The molecule has 0 atom stereocenters. The zero-order valence-corrected chi connectivity index (χ0v) is 17.1. The minimum absolute atomic E-state index is 0. The molecule has 0 aliphatic carbocycles. The predicted octanol–water partition coefficient (Wildman–Crippen LogP) is 3.37. The molecule has 1 aromatic carbocycles. The van der Waals surface area contributed by atoms with Crippen molar-refractivity contribution in [3.05, 3.63) is 36.9 Å². The molecule has 0 aliphatic heterocycles. The summed E-state index contributed by atoms with van der Waals surface area (Å²) in [5.74, 6) is 1.52. The van der Waals surface area contributed by atoms with E-state index in [0.29, 0.717) is 0 Å². The van der Waals surface area contributed by atoms with Gasteiger partial charge in [-0.25, -0.2) is 0 Å². The molecule has 5 heteroatoms. The zero-order chi connectivity index (χ0) is 12.7. The normalized spacial score (nSPS) is 11.5. The molecule has 1 rings (SSSR count). The van der Waals surface area contributed by atoms with E-state index in [1.165, 1.54) is 5.56 Å². The molecule has 0 radical (unpaired) electrons. The molecule has 0 spiro atoms. The fourth-order valence-electron chi connectivity index (χ4n) is 1.22. The zero-order valence-electron chi connectivity index (χ0n) is 10.7. The quantitative estimate of drug-likeness (QED) is 0.131. The van der Waals surface area contributed by atoms with Crippen LogP contribution in [-0.4, -0.2) is 22.0 Å². The minimum atomic E-state index is -1.12. The molecule has 0 N–H and O–H groups in total. The van der Waals surface area contributed by atoms with Gasteiger partial charge < -0.3 is 0 Å². The van der Waals surface area contributed by atoms with Crippen LogP contribution < -0.4 is 4.74 Å². The molecule has 0 amide bonds. The Morgan fingerprint density at radius 1 is 1.61 bits per heavy atom. The van der Waals surface area contributed by atoms with E-state index in [2.05, 4.69) is 40.9 Å². The Kier molecular flexibility index (Phi) is 10.1. The Labute approximate surface area is 140 Å². The number of alkyl halides is 3. The number of halogens is 1. The fraction of sp³-hybridized carbons (Fsp3) is 0.308. The maximum atomic E-state index is 5.05. The maximum Gasteiger partial charge on any atom is 2.00 e. The molecule has 0 saturated heterocycles. The summed E-state index contributed by atoms with van der Waals surface area (Å²) < 4.78 is 6.98. The first-order valence-electron chi connectivity index (χ1n) is 5.08. The molecule has 1 aromatic rings. The van der Waals surface area contributed by atoms with E-state index in [9.17, 15) is 0 Å². The van der Waals surface area contributed by atoms with Crippen molar-refractivity contribution in [2.75, 3.05) is 9.48 Å². The predicted molar refractivity (Wildman–Crippen MR) is 82.4 cm³/mol. The van der Waals surface area contributed by atoms with Crippen LogP contribution >= 0.6 is 19.8 Å². The van der Waals surface area contributed by atoms with E-state index in [1.807, 2.05) is 19.1 Å². The largest absolute Gasteiger partial charge is 2.00 e. The van der Waals surface area contributed by atoms with Crippen LogP contribution in [0.1, 0.15) is 12.5 Å². The van der Waals surface area contributed by atoms with Gasteiger partial charge in [0.25, 0.3) is 0 Å². The summed E-state index contributed by atoms with van der Waals surface area (Å²) in [7, 11) is 3.45. The Balaban J connectivity index is 0.00000289. The van der Waals surface area contributed by atoms with Gasteiger partial charge in [0.2, 0.25) is 0 Å². The number of nitrogens with zero attached hydrogens (tertiary/aromatic N) is 2. The van der Waals surface area contributed by atoms with Crippen molar-refractivity contribution >= 4 is 32.4 Å². The van der Waals surface area contributed by atoms with Gasteiger partial charge in [-0.05, 0) is 0 Å². The number of ether oxygens (including phenoxy) is 1. The van der Waals surface area contributed by atoms with Crippen LogP contribution in [0.2, 0.25) is 0 Å². The Morgan fingerprint density at radius 2 is 2.33 bits per heavy atom. The number of amidine groups is 1. The van der Waals surface area contributed by atoms with Crippen molar-refractivity contribution in [2.24, 2.45) is 9.98 Å². The molecule has 0 saturated carbocycles. The van der Waals surface area contributed by atoms with E-state index in [0.717, 1.165) is 20.6 Å². The van der Waals surface area contributed by atoms with Crippen LogP contribution in [0.4, 0.5) is 0 Å². The summed E-state index contributed by atoms with van der Waals surface area (Å²) in [5.41, 5.74) is 1.18. The van der Waals surface area contributed by atoms with Crippen molar-refractivity contribution < 1.29 is 35.9 Å². The van der Waals surface area contributed by atoms with Gasteiger partial charge in [0, 0.05) is 0 Å². The molecule has 96 valence electrons. The standard InChI is InChI=1S/C13H17IN2O.U/c1-11(15-3)16-10-14(2)9-12-7-5-6-8-13(12)17-4;/h5-7H,3-4,9-10H2,1-2H3;/q-2;+2. The van der Waals surface area contributed by atoms with Gasteiger partial charge in [0.1, 0.15) is 0 Å². The summed E-state index contributed by atoms with van der Waals surface area (Å²) in [6, 6.07) is 8.92. The van der Waals surface area contributed by atoms with Crippen LogP contribution in [0, 0.1) is 44.3 Å². The Bertz CT molecular complexity index is 410. The molecule has 0 heterocycles. The average molecular weight is 582 g/mol. The summed E-state index contributed by atoms with van der Waals surface area (Å²) >= 11 is -1.12. The van der Waals surface area contributed by atoms with Crippen molar-refractivity contribution in [3.8, 4) is 5.75 Å². The van der Waals surface area contributed by atoms with Crippen LogP contribution in [0.25, 0.3) is 0 Å². The monoisotopic (exact) mass is 582 g/mol. The third kappa shape index (κ3) is 6.35. The van der Waals surface area contributed by atoms with Gasteiger partial charge in [-0.15, -0.1) is 0 Å². The van der Waals surface area contributed by atoms with Gasteiger partial charge >= 0.3 is 142 Å². The molecule has 18 heavy (non-hydrogen) atoms. The number of para-hydroxylation sites is 1. The Morgan fingerprint density at radius 3 is 2.94 bits per heavy atom. The van der Waals surface area contributed by atoms with E-state index < -0.39 is 19.8 Å². The molecule has 0 unspecified atom stereocenters. The molecular formula is C13H17IN2OU. The summed E-state index contributed by atoms with van der Waals surface area (Å²) in [6.07, 6.45) is 0. The van der Waals surface area contributed by atoms with Crippen molar-refractivity contribution in [2.45, 2.75) is 11.4 Å². The molecule has 3 nitrogen and oxygen atoms in total. The van der Waals surface area contributed by atoms with E-state index in [1.54, 1.807) is 0 Å². The maximum absolute atomic E-state index is 5.05. The van der Waals surface area contributed by atoms with Crippen molar-refractivity contribution in [3.63, 3.8) is 0 Å². The van der Waals surface area contributed by atoms with E-state index >= 15 is 0 Å². The number of rotatable bonds is 5. The van der Waals surface area contributed by atoms with Gasteiger partial charge in [0.05, 0.1) is 0 Å². The number of benzene rings is 1. The Hall–Kier alpha value is 0.142. The van der Waals surface area contributed by atoms with E-state index in [4.69, 9.17) is 4.74 Å². The summed E-state index contributed by atoms with van der Waals surface area (Å²) in [4.78, 5) is 10.5. The molecule has 0 aliphatic rings. The fourth-order valence-corrected chi connectivity index (χ4v) is 4.54. The van der Waals surface area contributed by atoms with Crippen molar-refractivity contribution in [1.29, 1.82) is 0 Å². The number of hydrogen-bond acceptors (Lipinski definition) is 2. The minimum Gasteiger partial charge on any atom is 2.00 e. The van der Waals surface area contributed by atoms with Crippen LogP contribution in [-0.2, 0) is 4.43 Å². The smallest absolute Gasteiger partial charge is 2.00 e. The number of aliphatic imine (C=N–C) groups is 2. The molecule has 0 fully saturated rings. The summed E-state index contributed by atoms with van der Waals surface area (Å²) in [5, 5.41) is 0. The second-order valence-electron chi connectivity index (χ2n) is 3.51. The first-order chi connectivity index (χ1) is 8.17. The van der Waals surface area contributed by atoms with Crippen LogP contribution in [0.15, 0.2) is 28.2 Å². The second-order valence-corrected chi connectivity index (χ2v) is 9.08. The SMILES string of the molecule is C=NC(C)=NCI(C)Cc1ccc[c-]c1O[CH2-].[U+2]. The topological polar surface area (TPSA) is 34.0 Å². The second kappa shape index (κ2) is 9.99. The van der Waals surface area contributed by atoms with Gasteiger partial charge in [-0.3, -0.25) is 0 Å². The molecular weight excluding hydrogens is 565 g/mol. The van der Waals surface area contributed by atoms with Crippen LogP contribution in [0.3, 0.4) is 0 Å². The molecule has 0 bridgehead atoms.